The Kier molecular flexibility index (Phi) is 8.62. The molecule has 0 radical (unpaired) electrons. The van der Waals surface area contributed by atoms with Crippen LogP contribution in [0, 0.1) is 0 Å². The topological polar surface area (TPSA) is 38.9 Å². The van der Waals surface area contributed by atoms with Gasteiger partial charge in [-0.1, -0.05) is 182 Å². The lowest BCUT2D eigenvalue weighted by Crippen LogP contribution is -2.22. The second-order valence-corrected chi connectivity index (χ2v) is 16.7. The van der Waals surface area contributed by atoms with Crippen LogP contribution in [-0.2, 0) is 5.41 Å². The van der Waals surface area contributed by atoms with Crippen LogP contribution in [0.4, 0.5) is 0 Å². The van der Waals surface area contributed by atoms with Gasteiger partial charge in [-0.3, -0.25) is 0 Å². The Balaban J connectivity index is 1.05. The SMILES string of the molecule is CC1(c2ccccc2)c2ccccc2-c2ccc(-c3cccc(-c4cc(-c5cc(-c6ccccc6)nc(-c6ccccc6)n5)cc(-c5cccc6c5oc5ccccc56)c4)c3)cc21. The van der Waals surface area contributed by atoms with E-state index in [0.29, 0.717) is 5.82 Å². The lowest BCUT2D eigenvalue weighted by Gasteiger charge is -2.28. The molecule has 0 saturated heterocycles. The number of fused-ring (bicyclic) bond motifs is 6. The molecule has 0 fully saturated rings. The molecular weight excluding hydrogens is 765 g/mol. The van der Waals surface area contributed by atoms with E-state index >= 15 is 0 Å². The van der Waals surface area contributed by atoms with Crippen LogP contribution < -0.4 is 0 Å². The van der Waals surface area contributed by atoms with Crippen LogP contribution in [0.3, 0.4) is 0 Å². The van der Waals surface area contributed by atoms with Crippen molar-refractivity contribution in [1.29, 1.82) is 0 Å². The maximum Gasteiger partial charge on any atom is 0.160 e. The largest absolute Gasteiger partial charge is 0.455 e. The Morgan fingerprint density at radius 1 is 0.349 bits per heavy atom. The Morgan fingerprint density at radius 3 is 1.70 bits per heavy atom. The summed E-state index contributed by atoms with van der Waals surface area (Å²) in [5.41, 5.74) is 19.4. The first-order valence-corrected chi connectivity index (χ1v) is 21.6. The molecule has 0 spiro atoms. The summed E-state index contributed by atoms with van der Waals surface area (Å²) in [6, 6.07) is 80.1. The minimum atomic E-state index is -0.281. The van der Waals surface area contributed by atoms with Crippen molar-refractivity contribution in [3.63, 3.8) is 0 Å². The minimum absolute atomic E-state index is 0.281. The van der Waals surface area contributed by atoms with Crippen molar-refractivity contribution in [3.05, 3.63) is 241 Å². The van der Waals surface area contributed by atoms with Crippen LogP contribution in [0.2, 0.25) is 0 Å². The highest BCUT2D eigenvalue weighted by molar-refractivity contribution is 6.10. The molecule has 2 heterocycles. The van der Waals surface area contributed by atoms with E-state index in [2.05, 4.69) is 195 Å². The smallest absolute Gasteiger partial charge is 0.160 e. The monoisotopic (exact) mass is 804 g/mol. The lowest BCUT2D eigenvalue weighted by molar-refractivity contribution is 0.670. The van der Waals surface area contributed by atoms with Crippen molar-refractivity contribution in [2.45, 2.75) is 12.3 Å². The zero-order valence-electron chi connectivity index (χ0n) is 34.7. The summed E-state index contributed by atoms with van der Waals surface area (Å²) in [5, 5.41) is 2.20. The standard InChI is InChI=1S/C60H40N2O/c1-60(47-23-9-4-10-24-47)53-29-13-11-25-49(53)50-32-31-43(37-54(50)60)41-21-15-22-42(33-41)44-34-45(48-27-16-28-52-51-26-12-14-30-57(51)63-58(48)52)36-46(35-44)56-38-55(39-17-5-2-6-18-39)61-59(62-56)40-19-7-3-8-20-40/h2-38H,1H3. The van der Waals surface area contributed by atoms with E-state index in [-0.39, 0.29) is 5.41 Å². The van der Waals surface area contributed by atoms with E-state index in [1.54, 1.807) is 0 Å². The molecule has 1 atom stereocenters. The van der Waals surface area contributed by atoms with Gasteiger partial charge >= 0.3 is 0 Å². The molecule has 12 rings (SSSR count). The highest BCUT2D eigenvalue weighted by Gasteiger charge is 2.40. The third kappa shape index (κ3) is 6.20. The molecule has 296 valence electrons. The maximum absolute atomic E-state index is 6.64. The second kappa shape index (κ2) is 14.8. The number of hydrogen-bond acceptors (Lipinski definition) is 3. The van der Waals surface area contributed by atoms with Gasteiger partial charge in [0.1, 0.15) is 11.2 Å². The highest BCUT2D eigenvalue weighted by Crippen LogP contribution is 2.53. The number of hydrogen-bond donors (Lipinski definition) is 0. The molecule has 3 heteroatoms. The summed E-state index contributed by atoms with van der Waals surface area (Å²) in [4.78, 5) is 10.4. The number of para-hydroxylation sites is 2. The molecule has 9 aromatic carbocycles. The first-order chi connectivity index (χ1) is 31.1. The number of aromatic nitrogens is 2. The van der Waals surface area contributed by atoms with Crippen LogP contribution in [0.1, 0.15) is 23.6 Å². The van der Waals surface area contributed by atoms with Crippen LogP contribution >= 0.6 is 0 Å². The van der Waals surface area contributed by atoms with Crippen molar-refractivity contribution in [2.75, 3.05) is 0 Å². The number of benzene rings is 9. The summed E-state index contributed by atoms with van der Waals surface area (Å²) >= 11 is 0. The normalized spacial score (nSPS) is 14.2. The van der Waals surface area contributed by atoms with E-state index in [1.807, 2.05) is 36.4 Å². The van der Waals surface area contributed by atoms with Gasteiger partial charge in [0.25, 0.3) is 0 Å². The van der Waals surface area contributed by atoms with Gasteiger partial charge in [0, 0.05) is 38.4 Å². The van der Waals surface area contributed by atoms with E-state index < -0.39 is 0 Å². The van der Waals surface area contributed by atoms with E-state index in [4.69, 9.17) is 14.4 Å². The van der Waals surface area contributed by atoms with Crippen molar-refractivity contribution in [3.8, 4) is 78.4 Å². The highest BCUT2D eigenvalue weighted by atomic mass is 16.3. The molecule has 63 heavy (non-hydrogen) atoms. The molecular formula is C60H40N2O. The van der Waals surface area contributed by atoms with Crippen LogP contribution in [0.15, 0.2) is 229 Å². The van der Waals surface area contributed by atoms with Gasteiger partial charge in [-0.25, -0.2) is 9.97 Å². The van der Waals surface area contributed by atoms with Gasteiger partial charge in [0.15, 0.2) is 5.82 Å². The summed E-state index contributed by atoms with van der Waals surface area (Å²) in [6.07, 6.45) is 0. The molecule has 0 aliphatic heterocycles. The molecule has 2 aromatic heterocycles. The third-order valence-corrected chi connectivity index (χ3v) is 13.0. The van der Waals surface area contributed by atoms with Crippen molar-refractivity contribution in [1.82, 2.24) is 9.97 Å². The van der Waals surface area contributed by atoms with Gasteiger partial charge in [-0.2, -0.15) is 0 Å². The van der Waals surface area contributed by atoms with Gasteiger partial charge in [0.2, 0.25) is 0 Å². The van der Waals surface area contributed by atoms with E-state index in [1.165, 1.54) is 33.4 Å². The summed E-state index contributed by atoms with van der Waals surface area (Å²) in [6.45, 7) is 2.38. The zero-order valence-corrected chi connectivity index (χ0v) is 34.7. The first kappa shape index (κ1) is 36.7. The van der Waals surface area contributed by atoms with Gasteiger partial charge < -0.3 is 4.42 Å². The predicted molar refractivity (Wildman–Crippen MR) is 259 cm³/mol. The Labute approximate surface area is 366 Å². The molecule has 1 aliphatic rings. The summed E-state index contributed by atoms with van der Waals surface area (Å²) in [5.74, 6) is 0.682. The summed E-state index contributed by atoms with van der Waals surface area (Å²) in [7, 11) is 0. The maximum atomic E-state index is 6.64. The molecule has 0 saturated carbocycles. The minimum Gasteiger partial charge on any atom is -0.455 e. The fourth-order valence-corrected chi connectivity index (χ4v) is 9.77. The molecule has 1 aliphatic carbocycles. The Bertz CT molecular complexity index is 3460. The third-order valence-electron chi connectivity index (χ3n) is 13.0. The average Bonchev–Trinajstić information content (AvgIpc) is 3.87. The van der Waals surface area contributed by atoms with Gasteiger partial charge in [-0.05, 0) is 105 Å². The first-order valence-electron chi connectivity index (χ1n) is 21.6. The summed E-state index contributed by atoms with van der Waals surface area (Å²) < 4.78 is 6.64. The van der Waals surface area contributed by atoms with Crippen molar-refractivity contribution in [2.24, 2.45) is 0 Å². The Morgan fingerprint density at radius 2 is 0.889 bits per heavy atom. The molecule has 3 nitrogen and oxygen atoms in total. The molecule has 0 amide bonds. The van der Waals surface area contributed by atoms with Crippen molar-refractivity contribution < 1.29 is 4.42 Å². The van der Waals surface area contributed by atoms with E-state index in [9.17, 15) is 0 Å². The number of rotatable bonds is 7. The lowest BCUT2D eigenvalue weighted by atomic mass is 9.74. The molecule has 0 bridgehead atoms. The fraction of sp³-hybridized carbons (Fsp3) is 0.0333. The average molecular weight is 805 g/mol. The number of furan rings is 1. The van der Waals surface area contributed by atoms with Crippen LogP contribution in [0.25, 0.3) is 100 Å². The fourth-order valence-electron chi connectivity index (χ4n) is 9.77. The number of nitrogens with zero attached hydrogens (tertiary/aromatic N) is 2. The Hall–Kier alpha value is -8.14. The zero-order chi connectivity index (χ0) is 41.9. The van der Waals surface area contributed by atoms with Crippen LogP contribution in [0.5, 0.6) is 0 Å². The molecule has 0 N–H and O–H groups in total. The quantitative estimate of drug-likeness (QED) is 0.161. The molecule has 1 unspecified atom stereocenters. The predicted octanol–water partition coefficient (Wildman–Crippen LogP) is 15.7. The second-order valence-electron chi connectivity index (χ2n) is 16.7. The molecule has 11 aromatic rings. The van der Waals surface area contributed by atoms with Crippen LogP contribution in [-0.4, -0.2) is 9.97 Å². The van der Waals surface area contributed by atoms with E-state index in [0.717, 1.165) is 77.8 Å². The van der Waals surface area contributed by atoms with Gasteiger partial charge in [-0.15, -0.1) is 0 Å². The van der Waals surface area contributed by atoms with Crippen molar-refractivity contribution >= 4 is 21.9 Å². The van der Waals surface area contributed by atoms with Gasteiger partial charge in [0.05, 0.1) is 11.4 Å².